The summed E-state index contributed by atoms with van der Waals surface area (Å²) in [6.45, 7) is 0.303. The average Bonchev–Trinajstić information content (AvgIpc) is 2.60. The molecule has 0 aliphatic heterocycles. The molecule has 112 valence electrons. The van der Waals surface area contributed by atoms with Gasteiger partial charge in [-0.05, 0) is 29.8 Å². The summed E-state index contributed by atoms with van der Waals surface area (Å²) in [5, 5.41) is 0.900. The number of rotatable bonds is 2. The van der Waals surface area contributed by atoms with Crippen LogP contribution in [0.1, 0.15) is 5.56 Å². The van der Waals surface area contributed by atoms with Crippen molar-refractivity contribution in [3.8, 4) is 0 Å². The van der Waals surface area contributed by atoms with Gasteiger partial charge in [-0.25, -0.2) is 14.4 Å². The first kappa shape index (κ1) is 13.5. The van der Waals surface area contributed by atoms with Gasteiger partial charge in [0.1, 0.15) is 12.1 Å². The zero-order chi connectivity index (χ0) is 15.8. The summed E-state index contributed by atoms with van der Waals surface area (Å²) >= 11 is 0. The standard InChI is InChI=1S/C17H11FN4O/c18-14-4-3-11(16-12(14)2-1-6-20-16)9-22-7-5-15-13(17(22)23)8-19-10-21-15/h1-8,10H,9H2. The summed E-state index contributed by atoms with van der Waals surface area (Å²) in [5.41, 5.74) is 1.75. The van der Waals surface area contributed by atoms with Gasteiger partial charge in [0, 0.05) is 24.0 Å². The van der Waals surface area contributed by atoms with Crippen LogP contribution in [0.5, 0.6) is 0 Å². The molecule has 0 saturated carbocycles. The third kappa shape index (κ3) is 2.24. The van der Waals surface area contributed by atoms with E-state index in [9.17, 15) is 9.18 Å². The van der Waals surface area contributed by atoms with Crippen LogP contribution in [-0.4, -0.2) is 19.5 Å². The first-order chi connectivity index (χ1) is 11.2. The highest BCUT2D eigenvalue weighted by Gasteiger charge is 2.09. The number of hydrogen-bond donors (Lipinski definition) is 0. The van der Waals surface area contributed by atoms with Crippen molar-refractivity contribution in [2.45, 2.75) is 6.54 Å². The van der Waals surface area contributed by atoms with E-state index in [0.29, 0.717) is 28.4 Å². The number of nitrogens with zero attached hydrogens (tertiary/aromatic N) is 4. The lowest BCUT2D eigenvalue weighted by atomic mass is 10.1. The number of pyridine rings is 2. The molecule has 0 N–H and O–H groups in total. The van der Waals surface area contributed by atoms with Crippen LogP contribution in [-0.2, 0) is 6.54 Å². The summed E-state index contributed by atoms with van der Waals surface area (Å²) in [5.74, 6) is -0.323. The quantitative estimate of drug-likeness (QED) is 0.571. The fourth-order valence-electron chi connectivity index (χ4n) is 2.65. The molecule has 0 bridgehead atoms. The second-order valence-electron chi connectivity index (χ2n) is 5.18. The van der Waals surface area contributed by atoms with Crippen LogP contribution in [0, 0.1) is 5.82 Å². The van der Waals surface area contributed by atoms with E-state index in [-0.39, 0.29) is 11.4 Å². The molecular weight excluding hydrogens is 295 g/mol. The van der Waals surface area contributed by atoms with Crippen LogP contribution >= 0.6 is 0 Å². The van der Waals surface area contributed by atoms with Crippen molar-refractivity contribution in [3.63, 3.8) is 0 Å². The molecule has 5 nitrogen and oxygen atoms in total. The predicted molar refractivity (Wildman–Crippen MR) is 84.6 cm³/mol. The van der Waals surface area contributed by atoms with Crippen molar-refractivity contribution in [3.05, 3.63) is 77.0 Å². The number of aromatic nitrogens is 4. The molecule has 0 aliphatic rings. The molecule has 6 heteroatoms. The van der Waals surface area contributed by atoms with Gasteiger partial charge in [-0.15, -0.1) is 0 Å². The molecule has 0 aliphatic carbocycles. The molecule has 1 aromatic carbocycles. The van der Waals surface area contributed by atoms with Crippen LogP contribution < -0.4 is 5.56 Å². The van der Waals surface area contributed by atoms with Gasteiger partial charge in [-0.1, -0.05) is 6.07 Å². The average molecular weight is 306 g/mol. The van der Waals surface area contributed by atoms with Crippen molar-refractivity contribution in [1.29, 1.82) is 0 Å². The lowest BCUT2D eigenvalue weighted by molar-refractivity contribution is 0.638. The SMILES string of the molecule is O=c1c2cncnc2ccn1Cc1ccc(F)c2cccnc12. The predicted octanol–water partition coefficient (Wildman–Crippen LogP) is 2.53. The zero-order valence-corrected chi connectivity index (χ0v) is 12.0. The topological polar surface area (TPSA) is 60.7 Å². The Morgan fingerprint density at radius 2 is 2.00 bits per heavy atom. The molecule has 4 rings (SSSR count). The molecule has 0 atom stereocenters. The Morgan fingerprint density at radius 3 is 2.91 bits per heavy atom. The lowest BCUT2D eigenvalue weighted by Crippen LogP contribution is -2.20. The zero-order valence-electron chi connectivity index (χ0n) is 12.0. The Labute approximate surface area is 130 Å². The smallest absolute Gasteiger partial charge is 0.261 e. The fraction of sp³-hybridized carbons (Fsp3) is 0.0588. The Hall–Kier alpha value is -3.15. The molecule has 4 aromatic rings. The lowest BCUT2D eigenvalue weighted by Gasteiger charge is -2.09. The third-order valence-electron chi connectivity index (χ3n) is 3.79. The van der Waals surface area contributed by atoms with Gasteiger partial charge in [-0.2, -0.15) is 0 Å². The maximum atomic E-state index is 13.9. The van der Waals surface area contributed by atoms with Gasteiger partial charge < -0.3 is 4.57 Å². The maximum Gasteiger partial charge on any atom is 0.261 e. The van der Waals surface area contributed by atoms with Gasteiger partial charge in [0.15, 0.2) is 0 Å². The highest BCUT2D eigenvalue weighted by Crippen LogP contribution is 2.20. The largest absolute Gasteiger partial charge is 0.310 e. The van der Waals surface area contributed by atoms with E-state index >= 15 is 0 Å². The second kappa shape index (κ2) is 5.24. The van der Waals surface area contributed by atoms with Gasteiger partial charge in [0.05, 0.1) is 23.0 Å². The number of benzene rings is 1. The highest BCUT2D eigenvalue weighted by atomic mass is 19.1. The van der Waals surface area contributed by atoms with Crippen LogP contribution in [0.15, 0.2) is 60.0 Å². The molecule has 0 spiro atoms. The fourth-order valence-corrected chi connectivity index (χ4v) is 2.65. The normalized spacial score (nSPS) is 11.2. The third-order valence-corrected chi connectivity index (χ3v) is 3.79. The molecule has 0 saturated heterocycles. The van der Waals surface area contributed by atoms with E-state index in [1.165, 1.54) is 18.6 Å². The highest BCUT2D eigenvalue weighted by molar-refractivity contribution is 5.82. The van der Waals surface area contributed by atoms with Crippen molar-refractivity contribution < 1.29 is 4.39 Å². The van der Waals surface area contributed by atoms with Crippen molar-refractivity contribution in [2.24, 2.45) is 0 Å². The summed E-state index contributed by atoms with van der Waals surface area (Å²) in [6.07, 6.45) is 6.20. The van der Waals surface area contributed by atoms with E-state index < -0.39 is 0 Å². The first-order valence-corrected chi connectivity index (χ1v) is 7.05. The molecule has 23 heavy (non-hydrogen) atoms. The molecule has 3 aromatic heterocycles. The Morgan fingerprint density at radius 1 is 1.09 bits per heavy atom. The number of hydrogen-bond acceptors (Lipinski definition) is 4. The molecule has 0 unspecified atom stereocenters. The van der Waals surface area contributed by atoms with E-state index in [4.69, 9.17) is 0 Å². The van der Waals surface area contributed by atoms with E-state index in [1.807, 2.05) is 0 Å². The van der Waals surface area contributed by atoms with E-state index in [1.54, 1.807) is 41.2 Å². The minimum Gasteiger partial charge on any atom is -0.310 e. The molecule has 0 amide bonds. The van der Waals surface area contributed by atoms with Crippen LogP contribution in [0.3, 0.4) is 0 Å². The Bertz CT molecular complexity index is 1090. The monoisotopic (exact) mass is 306 g/mol. The van der Waals surface area contributed by atoms with E-state index in [0.717, 1.165) is 5.56 Å². The second-order valence-corrected chi connectivity index (χ2v) is 5.18. The summed E-state index contributed by atoms with van der Waals surface area (Å²) in [4.78, 5) is 24.7. The number of halogens is 1. The number of fused-ring (bicyclic) bond motifs is 2. The van der Waals surface area contributed by atoms with Crippen LogP contribution in [0.2, 0.25) is 0 Å². The van der Waals surface area contributed by atoms with Crippen molar-refractivity contribution >= 4 is 21.8 Å². The minimum absolute atomic E-state index is 0.184. The Balaban J connectivity index is 1.87. The van der Waals surface area contributed by atoms with Crippen LogP contribution in [0.4, 0.5) is 4.39 Å². The van der Waals surface area contributed by atoms with Crippen molar-refractivity contribution in [2.75, 3.05) is 0 Å². The molecule has 0 radical (unpaired) electrons. The van der Waals surface area contributed by atoms with E-state index in [2.05, 4.69) is 15.0 Å². The summed E-state index contributed by atoms with van der Waals surface area (Å²) in [7, 11) is 0. The minimum atomic E-state index is -0.323. The summed E-state index contributed by atoms with van der Waals surface area (Å²) < 4.78 is 15.4. The van der Waals surface area contributed by atoms with Gasteiger partial charge in [-0.3, -0.25) is 9.78 Å². The van der Waals surface area contributed by atoms with Crippen LogP contribution in [0.25, 0.3) is 21.8 Å². The molecular formula is C17H11FN4O. The summed E-state index contributed by atoms with van der Waals surface area (Å²) in [6, 6.07) is 8.18. The molecule has 0 fully saturated rings. The van der Waals surface area contributed by atoms with Crippen molar-refractivity contribution in [1.82, 2.24) is 19.5 Å². The Kier molecular flexibility index (Phi) is 3.08. The van der Waals surface area contributed by atoms with Gasteiger partial charge >= 0.3 is 0 Å². The first-order valence-electron chi connectivity index (χ1n) is 7.05. The van der Waals surface area contributed by atoms with Gasteiger partial charge in [0.25, 0.3) is 5.56 Å². The van der Waals surface area contributed by atoms with Gasteiger partial charge in [0.2, 0.25) is 0 Å². The maximum absolute atomic E-state index is 13.9. The molecule has 3 heterocycles.